The van der Waals surface area contributed by atoms with Gasteiger partial charge >= 0.3 is 0 Å². The fourth-order valence-electron chi connectivity index (χ4n) is 5.46. The number of aromatic nitrogens is 7. The van der Waals surface area contributed by atoms with Gasteiger partial charge in [0.2, 0.25) is 0 Å². The number of pyridine rings is 1. The molecule has 180 valence electrons. The van der Waals surface area contributed by atoms with Crippen molar-refractivity contribution in [3.8, 4) is 11.3 Å². The topological polar surface area (TPSA) is 79.9 Å². The highest BCUT2D eigenvalue weighted by molar-refractivity contribution is 5.92. The summed E-state index contributed by atoms with van der Waals surface area (Å²) >= 11 is 0. The molecule has 0 spiro atoms. The van der Waals surface area contributed by atoms with Crippen molar-refractivity contribution in [2.75, 3.05) is 13.1 Å². The maximum absolute atomic E-state index is 14.7. The summed E-state index contributed by atoms with van der Waals surface area (Å²) in [5, 5.41) is 13.6. The van der Waals surface area contributed by atoms with Crippen LogP contribution in [0.3, 0.4) is 0 Å². The number of benzene rings is 1. The molecule has 5 aromatic rings. The first-order chi connectivity index (χ1) is 17.0. The molecule has 1 aliphatic rings. The van der Waals surface area contributed by atoms with Crippen LogP contribution < -0.4 is 0 Å². The molecule has 9 heteroatoms. The molecule has 0 unspecified atom stereocenters. The Morgan fingerprint density at radius 1 is 1.14 bits per heavy atom. The Morgan fingerprint density at radius 2 is 1.97 bits per heavy atom. The van der Waals surface area contributed by atoms with Crippen LogP contribution in [0.2, 0.25) is 0 Å². The molecule has 8 nitrogen and oxygen atoms in total. The summed E-state index contributed by atoms with van der Waals surface area (Å²) in [6.07, 6.45) is 7.45. The average Bonchev–Trinajstić information content (AvgIpc) is 3.57. The zero-order chi connectivity index (χ0) is 24.1. The number of H-pyrrole nitrogens is 1. The number of nitrogens with one attached hydrogen (secondary N) is 1. The van der Waals surface area contributed by atoms with Crippen LogP contribution in [0.5, 0.6) is 0 Å². The van der Waals surface area contributed by atoms with Crippen LogP contribution >= 0.6 is 0 Å². The third-order valence-corrected chi connectivity index (χ3v) is 7.15. The molecule has 0 bridgehead atoms. The van der Waals surface area contributed by atoms with Crippen molar-refractivity contribution in [2.24, 2.45) is 7.05 Å². The van der Waals surface area contributed by atoms with Crippen molar-refractivity contribution in [2.45, 2.75) is 45.1 Å². The van der Waals surface area contributed by atoms with Crippen molar-refractivity contribution in [1.82, 2.24) is 39.5 Å². The van der Waals surface area contributed by atoms with Crippen LogP contribution in [0.1, 0.15) is 55.3 Å². The number of piperidine rings is 1. The quantitative estimate of drug-likeness (QED) is 0.403. The van der Waals surface area contributed by atoms with E-state index in [1.165, 1.54) is 27.4 Å². The molecule has 6 rings (SSSR count). The van der Waals surface area contributed by atoms with E-state index in [1.54, 1.807) is 10.7 Å². The SMILES string of the molecule is CC(C)c1c(-c2cc(F)c3ncnn3c2)[nH]c2ccc(C3CCN(Cc4cn(C)nn4)CC3)cc12. The van der Waals surface area contributed by atoms with E-state index in [4.69, 9.17) is 0 Å². The van der Waals surface area contributed by atoms with Crippen molar-refractivity contribution in [3.63, 3.8) is 0 Å². The summed E-state index contributed by atoms with van der Waals surface area (Å²) in [7, 11) is 1.90. The first-order valence-electron chi connectivity index (χ1n) is 12.2. The summed E-state index contributed by atoms with van der Waals surface area (Å²) in [6.45, 7) is 7.32. The van der Waals surface area contributed by atoms with Crippen molar-refractivity contribution < 1.29 is 4.39 Å². The van der Waals surface area contributed by atoms with E-state index in [1.807, 2.05) is 19.4 Å². The van der Waals surface area contributed by atoms with Gasteiger partial charge in [-0.1, -0.05) is 25.1 Å². The fourth-order valence-corrected chi connectivity index (χ4v) is 5.46. The molecular weight excluding hydrogens is 443 g/mol. The first kappa shape index (κ1) is 21.9. The van der Waals surface area contributed by atoms with E-state index < -0.39 is 0 Å². The Bertz CT molecular complexity index is 1500. The molecule has 5 heterocycles. The number of rotatable bonds is 5. The number of fused-ring (bicyclic) bond motifs is 2. The molecular formula is C26H29FN8. The lowest BCUT2D eigenvalue weighted by molar-refractivity contribution is 0.202. The van der Waals surface area contributed by atoms with Crippen molar-refractivity contribution in [1.29, 1.82) is 0 Å². The first-order valence-corrected chi connectivity index (χ1v) is 12.2. The second-order valence-corrected chi connectivity index (χ2v) is 9.91. The third-order valence-electron chi connectivity index (χ3n) is 7.15. The normalized spacial score (nSPS) is 15.7. The van der Waals surface area contributed by atoms with E-state index in [9.17, 15) is 4.39 Å². The zero-order valence-electron chi connectivity index (χ0n) is 20.2. The van der Waals surface area contributed by atoms with Crippen LogP contribution in [0.15, 0.2) is 43.0 Å². The molecule has 1 N–H and O–H groups in total. The van der Waals surface area contributed by atoms with Gasteiger partial charge in [-0.2, -0.15) is 5.10 Å². The van der Waals surface area contributed by atoms with Gasteiger partial charge in [0.25, 0.3) is 0 Å². The van der Waals surface area contributed by atoms with Gasteiger partial charge in [0.15, 0.2) is 11.5 Å². The number of likely N-dealkylation sites (tertiary alicyclic amines) is 1. The average molecular weight is 473 g/mol. The lowest BCUT2D eigenvalue weighted by Crippen LogP contribution is -2.32. The number of aromatic amines is 1. The second kappa shape index (κ2) is 8.57. The Kier molecular flexibility index (Phi) is 5.36. The lowest BCUT2D eigenvalue weighted by Gasteiger charge is -2.31. The second-order valence-electron chi connectivity index (χ2n) is 9.91. The molecule has 1 aliphatic heterocycles. The third kappa shape index (κ3) is 3.99. The minimum absolute atomic E-state index is 0.240. The summed E-state index contributed by atoms with van der Waals surface area (Å²) in [5.41, 5.74) is 6.65. The zero-order valence-corrected chi connectivity index (χ0v) is 20.2. The monoisotopic (exact) mass is 472 g/mol. The predicted octanol–water partition coefficient (Wildman–Crippen LogP) is 4.65. The Hall–Kier alpha value is -3.59. The largest absolute Gasteiger partial charge is 0.354 e. The lowest BCUT2D eigenvalue weighted by atomic mass is 9.87. The van der Waals surface area contributed by atoms with Gasteiger partial charge in [0, 0.05) is 42.5 Å². The summed E-state index contributed by atoms with van der Waals surface area (Å²) < 4.78 is 17.9. The van der Waals surface area contributed by atoms with Gasteiger partial charge in [-0.25, -0.2) is 13.9 Å². The predicted molar refractivity (Wildman–Crippen MR) is 133 cm³/mol. The molecule has 0 atom stereocenters. The van der Waals surface area contributed by atoms with Gasteiger partial charge in [-0.3, -0.25) is 9.58 Å². The maximum atomic E-state index is 14.7. The smallest absolute Gasteiger partial charge is 0.191 e. The number of aryl methyl sites for hydroxylation is 1. The highest BCUT2D eigenvalue weighted by Gasteiger charge is 2.24. The van der Waals surface area contributed by atoms with Crippen LogP contribution in [-0.4, -0.2) is 52.6 Å². The summed E-state index contributed by atoms with van der Waals surface area (Å²) in [5.74, 6) is 0.430. The van der Waals surface area contributed by atoms with Gasteiger partial charge in [-0.05, 0) is 67.1 Å². The molecule has 0 saturated carbocycles. The van der Waals surface area contributed by atoms with Crippen molar-refractivity contribution >= 4 is 16.6 Å². The minimum Gasteiger partial charge on any atom is -0.354 e. The minimum atomic E-state index is -0.373. The number of nitrogens with zero attached hydrogens (tertiary/aromatic N) is 7. The van der Waals surface area contributed by atoms with Crippen molar-refractivity contribution in [3.05, 3.63) is 65.6 Å². The molecule has 35 heavy (non-hydrogen) atoms. The molecule has 0 aliphatic carbocycles. The maximum Gasteiger partial charge on any atom is 0.191 e. The molecule has 4 aromatic heterocycles. The van der Waals surface area contributed by atoms with Crippen LogP contribution in [0.4, 0.5) is 4.39 Å². The number of halogens is 1. The van der Waals surface area contributed by atoms with E-state index in [0.29, 0.717) is 5.92 Å². The van der Waals surface area contributed by atoms with Crippen LogP contribution in [0.25, 0.3) is 27.8 Å². The highest BCUT2D eigenvalue weighted by atomic mass is 19.1. The molecule has 0 radical (unpaired) electrons. The number of hydrogen-bond donors (Lipinski definition) is 1. The van der Waals surface area contributed by atoms with E-state index in [-0.39, 0.29) is 17.4 Å². The Labute approximate surface area is 202 Å². The van der Waals surface area contributed by atoms with E-state index in [0.717, 1.165) is 54.9 Å². The van der Waals surface area contributed by atoms with Crippen LogP contribution in [0, 0.1) is 5.82 Å². The van der Waals surface area contributed by atoms with Gasteiger partial charge in [-0.15, -0.1) is 5.10 Å². The van der Waals surface area contributed by atoms with E-state index in [2.05, 4.69) is 62.3 Å². The Morgan fingerprint density at radius 3 is 2.71 bits per heavy atom. The molecule has 1 aromatic carbocycles. The van der Waals surface area contributed by atoms with E-state index >= 15 is 0 Å². The van der Waals surface area contributed by atoms with Crippen LogP contribution in [-0.2, 0) is 13.6 Å². The molecule has 1 saturated heterocycles. The highest BCUT2D eigenvalue weighted by Crippen LogP contribution is 2.38. The standard InChI is InChI=1S/C26H29FN8/c1-16(2)24-21-10-18(17-6-8-34(9-7-17)14-20-13-33(3)32-31-20)4-5-23(21)30-25(24)19-11-22(27)26-28-15-29-35(26)12-19/h4-5,10-13,15-17,30H,6-9,14H2,1-3H3. The van der Waals surface area contributed by atoms with Gasteiger partial charge in [0.1, 0.15) is 6.33 Å². The summed E-state index contributed by atoms with van der Waals surface area (Å²) in [6, 6.07) is 8.32. The van der Waals surface area contributed by atoms with Gasteiger partial charge < -0.3 is 4.98 Å². The Balaban J connectivity index is 1.29. The molecule has 0 amide bonds. The summed E-state index contributed by atoms with van der Waals surface area (Å²) in [4.78, 5) is 10.0. The van der Waals surface area contributed by atoms with Gasteiger partial charge in [0.05, 0.1) is 11.4 Å². The fraction of sp³-hybridized carbons (Fsp3) is 0.385. The molecule has 1 fully saturated rings. The number of hydrogen-bond acceptors (Lipinski definition) is 5.